The molecule has 0 aliphatic heterocycles. The highest BCUT2D eigenvalue weighted by Crippen LogP contribution is 2.42. The molecule has 0 spiro atoms. The molecule has 0 amide bonds. The summed E-state index contributed by atoms with van der Waals surface area (Å²) >= 11 is 3.64. The predicted octanol–water partition coefficient (Wildman–Crippen LogP) is 4.54. The molecule has 17 heavy (non-hydrogen) atoms. The maximum absolute atomic E-state index is 4.44. The molecule has 2 aromatic rings. The first kappa shape index (κ1) is 12.5. The average molecular weight is 353 g/mol. The van der Waals surface area contributed by atoms with E-state index in [4.69, 9.17) is 0 Å². The molecular weight excluding hydrogens is 342 g/mol. The summed E-state index contributed by atoms with van der Waals surface area (Å²) in [7, 11) is 0. The molecule has 0 fully saturated rings. The average Bonchev–Trinajstić information content (AvgIpc) is 2.66. The number of nitrogens with zero attached hydrogens (tertiary/aromatic N) is 1. The molecular formula is C14H11Br2N. The van der Waals surface area contributed by atoms with Crippen molar-refractivity contribution in [1.29, 1.82) is 0 Å². The minimum Gasteiger partial charge on any atom is -0.260 e. The van der Waals surface area contributed by atoms with Gasteiger partial charge in [0.15, 0.2) is 0 Å². The zero-order valence-corrected chi connectivity index (χ0v) is 12.3. The second-order valence-electron chi connectivity index (χ2n) is 3.85. The first-order valence-corrected chi connectivity index (χ1v) is 6.02. The summed E-state index contributed by atoms with van der Waals surface area (Å²) in [6.07, 6.45) is 4.02. The fraction of sp³-hybridized carbons (Fsp3) is 0.0714. The van der Waals surface area contributed by atoms with Crippen LogP contribution >= 0.6 is 32.9 Å². The fourth-order valence-corrected chi connectivity index (χ4v) is 2.86. The Kier molecular flexibility index (Phi) is 3.79. The molecule has 1 atom stereocenters. The van der Waals surface area contributed by atoms with Crippen LogP contribution in [0.2, 0.25) is 0 Å². The zero-order chi connectivity index (χ0) is 11.0. The van der Waals surface area contributed by atoms with Gasteiger partial charge in [-0.3, -0.25) is 4.98 Å². The third-order valence-electron chi connectivity index (χ3n) is 2.86. The van der Waals surface area contributed by atoms with Gasteiger partial charge in [-0.25, -0.2) is 0 Å². The fourth-order valence-electron chi connectivity index (χ4n) is 2.13. The lowest BCUT2D eigenvalue weighted by atomic mass is 9.97. The van der Waals surface area contributed by atoms with Crippen molar-refractivity contribution in [2.24, 2.45) is 0 Å². The molecule has 0 radical (unpaired) electrons. The van der Waals surface area contributed by atoms with Gasteiger partial charge < -0.3 is 0 Å². The smallest absolute Gasteiger partial charge is 0.0584 e. The van der Waals surface area contributed by atoms with Gasteiger partial charge in [0.05, 0.1) is 11.6 Å². The van der Waals surface area contributed by atoms with E-state index in [0.717, 1.165) is 5.69 Å². The molecule has 1 unspecified atom stereocenters. The second-order valence-corrected chi connectivity index (χ2v) is 4.76. The number of aromatic nitrogens is 1. The molecule has 3 rings (SSSR count). The number of pyridine rings is 1. The quantitative estimate of drug-likeness (QED) is 0.734. The lowest BCUT2D eigenvalue weighted by Gasteiger charge is -2.12. The highest BCUT2D eigenvalue weighted by Gasteiger charge is 2.25. The predicted molar refractivity (Wildman–Crippen MR) is 79.7 cm³/mol. The van der Waals surface area contributed by atoms with Gasteiger partial charge in [-0.05, 0) is 29.3 Å². The third-order valence-corrected chi connectivity index (χ3v) is 3.55. The first-order chi connectivity index (χ1) is 7.86. The van der Waals surface area contributed by atoms with Crippen molar-refractivity contribution in [2.45, 2.75) is 5.92 Å². The van der Waals surface area contributed by atoms with E-state index in [9.17, 15) is 0 Å². The number of rotatable bonds is 1. The van der Waals surface area contributed by atoms with Gasteiger partial charge in [0.1, 0.15) is 0 Å². The van der Waals surface area contributed by atoms with E-state index in [1.165, 1.54) is 15.6 Å². The molecule has 1 aromatic heterocycles. The molecule has 1 aromatic carbocycles. The van der Waals surface area contributed by atoms with Crippen molar-refractivity contribution >= 4 is 39.0 Å². The molecule has 1 aliphatic carbocycles. The van der Waals surface area contributed by atoms with E-state index in [2.05, 4.69) is 57.3 Å². The lowest BCUT2D eigenvalue weighted by Crippen LogP contribution is -2.00. The number of hydrogen-bond acceptors (Lipinski definition) is 1. The maximum atomic E-state index is 4.44. The van der Waals surface area contributed by atoms with E-state index >= 15 is 0 Å². The highest BCUT2D eigenvalue weighted by atomic mass is 79.9. The second kappa shape index (κ2) is 5.15. The summed E-state index contributed by atoms with van der Waals surface area (Å²) in [5, 5.41) is 0. The number of benzene rings is 1. The van der Waals surface area contributed by atoms with E-state index in [0.29, 0.717) is 0 Å². The number of halogens is 2. The van der Waals surface area contributed by atoms with Crippen LogP contribution in [0.1, 0.15) is 22.7 Å². The highest BCUT2D eigenvalue weighted by molar-refractivity contribution is 9.11. The summed E-state index contributed by atoms with van der Waals surface area (Å²) < 4.78 is 1.19. The zero-order valence-electron chi connectivity index (χ0n) is 9.01. The third kappa shape index (κ3) is 2.22. The molecule has 0 N–H and O–H groups in total. The topological polar surface area (TPSA) is 12.9 Å². The van der Waals surface area contributed by atoms with Crippen LogP contribution in [-0.4, -0.2) is 4.98 Å². The van der Waals surface area contributed by atoms with Crippen LogP contribution in [0.4, 0.5) is 0 Å². The van der Waals surface area contributed by atoms with Gasteiger partial charge in [0.2, 0.25) is 0 Å². The molecule has 0 bridgehead atoms. The Hall–Kier alpha value is -0.930. The lowest BCUT2D eigenvalue weighted by molar-refractivity contribution is 0.963. The van der Waals surface area contributed by atoms with Gasteiger partial charge in [-0.15, -0.1) is 17.0 Å². The summed E-state index contributed by atoms with van der Waals surface area (Å²) in [6, 6.07) is 14.5. The van der Waals surface area contributed by atoms with Crippen LogP contribution in [-0.2, 0) is 0 Å². The SMILES string of the molecule is Br.BrC1=Cc2ccccc2C1c1ccccn1. The van der Waals surface area contributed by atoms with Crippen LogP contribution < -0.4 is 0 Å². The summed E-state index contributed by atoms with van der Waals surface area (Å²) in [5.74, 6) is 0.261. The van der Waals surface area contributed by atoms with Crippen LogP contribution in [0, 0.1) is 0 Å². The number of allylic oxidation sites excluding steroid dienone is 1. The molecule has 1 heterocycles. The summed E-state index contributed by atoms with van der Waals surface area (Å²) in [4.78, 5) is 4.44. The van der Waals surface area contributed by atoms with Gasteiger partial charge in [-0.2, -0.15) is 0 Å². The normalized spacial score (nSPS) is 17.0. The first-order valence-electron chi connectivity index (χ1n) is 5.23. The van der Waals surface area contributed by atoms with Crippen molar-refractivity contribution < 1.29 is 0 Å². The molecule has 0 saturated heterocycles. The standard InChI is InChI=1S/C14H10BrN.BrH/c15-12-9-10-5-1-2-6-11(10)14(12)13-7-3-4-8-16-13;/h1-9,14H;1H. The van der Waals surface area contributed by atoms with Gasteiger partial charge >= 0.3 is 0 Å². The van der Waals surface area contributed by atoms with E-state index < -0.39 is 0 Å². The van der Waals surface area contributed by atoms with Crippen LogP contribution in [0.3, 0.4) is 0 Å². The van der Waals surface area contributed by atoms with Crippen molar-refractivity contribution in [3.05, 3.63) is 70.0 Å². The van der Waals surface area contributed by atoms with Crippen molar-refractivity contribution in [2.75, 3.05) is 0 Å². The largest absolute Gasteiger partial charge is 0.260 e. The minimum absolute atomic E-state index is 0. The molecule has 3 heteroatoms. The van der Waals surface area contributed by atoms with Gasteiger partial charge in [0, 0.05) is 10.7 Å². The number of hydrogen-bond donors (Lipinski definition) is 0. The van der Waals surface area contributed by atoms with E-state index in [1.54, 1.807) is 0 Å². The van der Waals surface area contributed by atoms with Gasteiger partial charge in [-0.1, -0.05) is 46.3 Å². The van der Waals surface area contributed by atoms with Gasteiger partial charge in [0.25, 0.3) is 0 Å². The minimum atomic E-state index is 0. The summed E-state index contributed by atoms with van der Waals surface area (Å²) in [5.41, 5.74) is 3.70. The van der Waals surface area contributed by atoms with Crippen LogP contribution in [0.25, 0.3) is 6.08 Å². The van der Waals surface area contributed by atoms with Crippen molar-refractivity contribution in [3.63, 3.8) is 0 Å². The molecule has 1 aliphatic rings. The maximum Gasteiger partial charge on any atom is 0.0584 e. The van der Waals surface area contributed by atoms with Crippen molar-refractivity contribution in [1.82, 2.24) is 4.98 Å². The van der Waals surface area contributed by atoms with Crippen molar-refractivity contribution in [3.8, 4) is 0 Å². The molecule has 86 valence electrons. The Morgan fingerprint density at radius 3 is 2.53 bits per heavy atom. The number of fused-ring (bicyclic) bond motifs is 1. The Bertz CT molecular complexity index is 549. The Morgan fingerprint density at radius 1 is 1.00 bits per heavy atom. The molecule has 1 nitrogen and oxygen atoms in total. The van der Waals surface area contributed by atoms with Crippen LogP contribution in [0.15, 0.2) is 53.1 Å². The summed E-state index contributed by atoms with van der Waals surface area (Å²) in [6.45, 7) is 0. The molecule has 0 saturated carbocycles. The van der Waals surface area contributed by atoms with E-state index in [-0.39, 0.29) is 22.9 Å². The monoisotopic (exact) mass is 351 g/mol. The van der Waals surface area contributed by atoms with Crippen LogP contribution in [0.5, 0.6) is 0 Å². The Labute approximate surface area is 119 Å². The Balaban J connectivity index is 0.00000108. The van der Waals surface area contributed by atoms with E-state index in [1.807, 2.05) is 18.3 Å². The Morgan fingerprint density at radius 2 is 1.76 bits per heavy atom.